The van der Waals surface area contributed by atoms with E-state index in [2.05, 4.69) is 67.5 Å². The third-order valence-corrected chi connectivity index (χ3v) is 3.60. The molecule has 1 radical (unpaired) electrons. The van der Waals surface area contributed by atoms with E-state index in [0.29, 0.717) is 23.7 Å². The second-order valence-electron chi connectivity index (χ2n) is 6.63. The van der Waals surface area contributed by atoms with Gasteiger partial charge in [-0.2, -0.15) is 0 Å². The summed E-state index contributed by atoms with van der Waals surface area (Å²) in [5, 5.41) is 0. The fraction of sp³-hybridized carbons (Fsp3) is 0.667. The second kappa shape index (κ2) is 8.34. The van der Waals surface area contributed by atoms with Crippen molar-refractivity contribution in [1.29, 1.82) is 0 Å². The average molecular weight is 286 g/mol. The van der Waals surface area contributed by atoms with E-state index in [1.54, 1.807) is 0 Å². The summed E-state index contributed by atoms with van der Waals surface area (Å²) in [6.07, 6.45) is 0. The van der Waals surface area contributed by atoms with E-state index >= 15 is 0 Å². The molecule has 0 heterocycles. The van der Waals surface area contributed by atoms with Gasteiger partial charge in [0.25, 0.3) is 0 Å². The molecule has 0 bridgehead atoms. The Balaban J connectivity index is 0.00000324. The summed E-state index contributed by atoms with van der Waals surface area (Å²) in [7, 11) is 0. The Morgan fingerprint density at radius 2 is 0.947 bits per heavy atom. The molecular formula is C18H30K. The Morgan fingerprint density at radius 3 is 1.16 bits per heavy atom. The van der Waals surface area contributed by atoms with Crippen molar-refractivity contribution >= 4 is 51.4 Å². The van der Waals surface area contributed by atoms with Crippen LogP contribution in [0.3, 0.4) is 0 Å². The van der Waals surface area contributed by atoms with Crippen LogP contribution in [-0.2, 0) is 0 Å². The molecule has 0 saturated carbocycles. The number of hydrogen-bond acceptors (Lipinski definition) is 0. The second-order valence-corrected chi connectivity index (χ2v) is 6.63. The molecule has 0 aliphatic rings. The van der Waals surface area contributed by atoms with Crippen LogP contribution in [0.5, 0.6) is 0 Å². The van der Waals surface area contributed by atoms with Gasteiger partial charge < -0.3 is 0 Å². The first-order valence-corrected chi connectivity index (χ1v) is 7.35. The van der Waals surface area contributed by atoms with Gasteiger partial charge in [0.2, 0.25) is 0 Å². The third kappa shape index (κ3) is 4.96. The van der Waals surface area contributed by atoms with Crippen LogP contribution in [0.2, 0.25) is 0 Å². The van der Waals surface area contributed by atoms with E-state index < -0.39 is 0 Å². The molecule has 0 atom stereocenters. The van der Waals surface area contributed by atoms with Gasteiger partial charge in [-0.05, 0) is 52.0 Å². The molecule has 103 valence electrons. The minimum atomic E-state index is 0. The van der Waals surface area contributed by atoms with Crippen LogP contribution in [0.25, 0.3) is 0 Å². The summed E-state index contributed by atoms with van der Waals surface area (Å²) in [5.74, 6) is 2.27. The number of benzene rings is 1. The van der Waals surface area contributed by atoms with Gasteiger partial charge in [-0.15, -0.1) is 0 Å². The molecule has 1 aromatic carbocycles. The quantitative estimate of drug-likeness (QED) is 0.656. The van der Waals surface area contributed by atoms with Gasteiger partial charge in [-0.25, -0.2) is 0 Å². The number of rotatable bonds is 4. The minimum absolute atomic E-state index is 0. The van der Waals surface area contributed by atoms with Gasteiger partial charge in [0, 0.05) is 0 Å². The summed E-state index contributed by atoms with van der Waals surface area (Å²) in [6.45, 7) is 18.2. The Morgan fingerprint density at radius 1 is 0.632 bits per heavy atom. The van der Waals surface area contributed by atoms with Gasteiger partial charge in [0.1, 0.15) is 0 Å². The molecule has 0 aliphatic carbocycles. The fourth-order valence-electron chi connectivity index (χ4n) is 2.52. The predicted octanol–water partition coefficient (Wildman–Crippen LogP) is 5.33. The molecule has 0 nitrogen and oxygen atoms in total. The molecule has 0 amide bonds. The van der Waals surface area contributed by atoms with Crippen molar-refractivity contribution in [2.24, 2.45) is 0 Å². The van der Waals surface area contributed by atoms with E-state index in [1.165, 1.54) is 22.3 Å². The summed E-state index contributed by atoms with van der Waals surface area (Å²) in [5.41, 5.74) is 5.80. The van der Waals surface area contributed by atoms with E-state index in [4.69, 9.17) is 0 Å². The molecule has 0 unspecified atom stereocenters. The standard InChI is InChI=1S/C18H29.K.H/c1-11(2)15-9-17(13(5)6)18(14(7)8)10-16(15)12(3)4;;/h9,11-14H,1-8H3;;. The van der Waals surface area contributed by atoms with E-state index in [0.717, 1.165) is 0 Å². The molecule has 1 aromatic rings. The van der Waals surface area contributed by atoms with E-state index in [9.17, 15) is 0 Å². The van der Waals surface area contributed by atoms with Crippen LogP contribution in [-0.4, -0.2) is 51.4 Å². The van der Waals surface area contributed by atoms with E-state index in [1.807, 2.05) is 0 Å². The Hall–Kier alpha value is 0.856. The monoisotopic (exact) mass is 285 g/mol. The normalized spacial score (nSPS) is 11.6. The summed E-state index contributed by atoms with van der Waals surface area (Å²) >= 11 is 0. The molecule has 0 N–H and O–H groups in total. The van der Waals surface area contributed by atoms with Crippen molar-refractivity contribution in [3.8, 4) is 0 Å². The van der Waals surface area contributed by atoms with Gasteiger partial charge in [-0.1, -0.05) is 61.5 Å². The Kier molecular flexibility index (Phi) is 8.71. The van der Waals surface area contributed by atoms with Gasteiger partial charge in [0.15, 0.2) is 0 Å². The van der Waals surface area contributed by atoms with E-state index in [-0.39, 0.29) is 51.4 Å². The zero-order chi connectivity index (χ0) is 14.0. The molecule has 0 fully saturated rings. The van der Waals surface area contributed by atoms with Gasteiger partial charge >= 0.3 is 51.4 Å². The molecule has 1 rings (SSSR count). The van der Waals surface area contributed by atoms with Crippen LogP contribution < -0.4 is 0 Å². The van der Waals surface area contributed by atoms with Crippen molar-refractivity contribution in [2.75, 3.05) is 0 Å². The first-order valence-electron chi connectivity index (χ1n) is 7.35. The van der Waals surface area contributed by atoms with Gasteiger partial charge in [0.05, 0.1) is 0 Å². The van der Waals surface area contributed by atoms with Crippen LogP contribution in [0.4, 0.5) is 0 Å². The molecular weight excluding hydrogens is 255 g/mol. The zero-order valence-electron chi connectivity index (χ0n) is 13.4. The molecule has 19 heavy (non-hydrogen) atoms. The molecule has 0 spiro atoms. The van der Waals surface area contributed by atoms with Crippen molar-refractivity contribution in [1.82, 2.24) is 0 Å². The maximum atomic E-state index is 3.74. The van der Waals surface area contributed by atoms with Crippen LogP contribution >= 0.6 is 0 Å². The van der Waals surface area contributed by atoms with Crippen molar-refractivity contribution in [2.45, 2.75) is 79.1 Å². The summed E-state index contributed by atoms with van der Waals surface area (Å²) in [4.78, 5) is 0. The van der Waals surface area contributed by atoms with Crippen LogP contribution in [0.1, 0.15) is 101 Å². The average Bonchev–Trinajstić information content (AvgIpc) is 2.26. The topological polar surface area (TPSA) is 0 Å². The van der Waals surface area contributed by atoms with Crippen molar-refractivity contribution < 1.29 is 0 Å². The molecule has 0 aromatic heterocycles. The SMILES string of the molecule is CC(C)c1[c]c(C(C)C)c(C(C)C)cc1C(C)C.[KH]. The maximum absolute atomic E-state index is 3.74. The van der Waals surface area contributed by atoms with Crippen LogP contribution in [0.15, 0.2) is 6.07 Å². The van der Waals surface area contributed by atoms with Crippen molar-refractivity contribution in [3.05, 3.63) is 34.4 Å². The first-order chi connectivity index (χ1) is 8.25. The summed E-state index contributed by atoms with van der Waals surface area (Å²) < 4.78 is 0. The first kappa shape index (κ1) is 19.9. The Bertz CT molecular complexity index is 326. The zero-order valence-corrected chi connectivity index (χ0v) is 13.4. The van der Waals surface area contributed by atoms with Crippen LogP contribution in [0, 0.1) is 6.07 Å². The number of hydrogen-bond donors (Lipinski definition) is 0. The molecule has 1 heteroatoms. The summed E-state index contributed by atoms with van der Waals surface area (Å²) in [6, 6.07) is 6.18. The Labute approximate surface area is 163 Å². The molecule has 0 aliphatic heterocycles. The predicted molar refractivity (Wildman–Crippen MR) is 88.8 cm³/mol. The van der Waals surface area contributed by atoms with Crippen molar-refractivity contribution in [3.63, 3.8) is 0 Å². The fourth-order valence-corrected chi connectivity index (χ4v) is 2.52. The third-order valence-electron chi connectivity index (χ3n) is 3.60. The van der Waals surface area contributed by atoms with Gasteiger partial charge in [-0.3, -0.25) is 0 Å². The molecule has 0 saturated heterocycles.